The fourth-order valence-corrected chi connectivity index (χ4v) is 6.98. The van der Waals surface area contributed by atoms with E-state index in [1.54, 1.807) is 0 Å². The molecule has 1 aliphatic carbocycles. The first-order chi connectivity index (χ1) is 15.3. The lowest BCUT2D eigenvalue weighted by Crippen LogP contribution is -2.56. The van der Waals surface area contributed by atoms with Gasteiger partial charge in [0.25, 0.3) is 0 Å². The summed E-state index contributed by atoms with van der Waals surface area (Å²) in [6.07, 6.45) is 19.9. The lowest BCUT2D eigenvalue weighted by atomic mass is 9.79. The highest BCUT2D eigenvalue weighted by Gasteiger charge is 2.42. The lowest BCUT2D eigenvalue weighted by molar-refractivity contribution is -0.0231. The minimum Gasteiger partial charge on any atom is -0.356 e. The molecule has 170 valence electrons. The van der Waals surface area contributed by atoms with E-state index in [1.807, 2.05) is 0 Å². The number of nitrogens with one attached hydrogen (secondary N) is 1. The molecule has 1 N–H and O–H groups in total. The van der Waals surface area contributed by atoms with Crippen LogP contribution in [0.1, 0.15) is 103 Å². The average molecular weight is 423 g/mol. The highest BCUT2D eigenvalue weighted by atomic mass is 15.3. The number of para-hydroxylation sites is 2. The molecule has 3 atom stereocenters. The highest BCUT2D eigenvalue weighted by Crippen LogP contribution is 2.44. The van der Waals surface area contributed by atoms with Crippen molar-refractivity contribution >= 4 is 17.0 Å². The van der Waals surface area contributed by atoms with Gasteiger partial charge in [-0.3, -0.25) is 4.90 Å². The third kappa shape index (κ3) is 4.51. The Morgan fingerprint density at radius 1 is 0.774 bits per heavy atom. The summed E-state index contributed by atoms with van der Waals surface area (Å²) in [5.41, 5.74) is 2.45. The van der Waals surface area contributed by atoms with Crippen LogP contribution in [0.2, 0.25) is 0 Å². The number of hydrogen-bond acceptors (Lipinski definition) is 3. The summed E-state index contributed by atoms with van der Waals surface area (Å²) in [5.74, 6) is 1.08. The molecule has 3 fully saturated rings. The Balaban J connectivity index is 1.39. The Kier molecular flexibility index (Phi) is 6.83. The zero-order valence-corrected chi connectivity index (χ0v) is 19.6. The first kappa shape index (κ1) is 21.3. The zero-order chi connectivity index (χ0) is 21.0. The molecule has 2 aromatic rings. The van der Waals surface area contributed by atoms with Crippen molar-refractivity contribution in [1.29, 1.82) is 0 Å². The Labute approximate surface area is 188 Å². The van der Waals surface area contributed by atoms with Gasteiger partial charge in [-0.25, -0.2) is 4.98 Å². The minimum absolute atomic E-state index is 0.576. The van der Waals surface area contributed by atoms with E-state index in [4.69, 9.17) is 4.98 Å². The first-order valence-electron chi connectivity index (χ1n) is 13.3. The van der Waals surface area contributed by atoms with Crippen LogP contribution in [0.15, 0.2) is 24.3 Å². The van der Waals surface area contributed by atoms with Crippen molar-refractivity contribution in [2.75, 3.05) is 11.9 Å². The fraction of sp³-hybridized carbons (Fsp3) is 0.741. The van der Waals surface area contributed by atoms with Crippen LogP contribution in [0, 0.1) is 0 Å². The van der Waals surface area contributed by atoms with Crippen LogP contribution in [0.25, 0.3) is 11.0 Å². The summed E-state index contributed by atoms with van der Waals surface area (Å²) in [6, 6.07) is 11.7. The Bertz CT molecular complexity index is 819. The molecule has 2 bridgehead atoms. The van der Waals surface area contributed by atoms with E-state index in [0.717, 1.165) is 36.1 Å². The Morgan fingerprint density at radius 3 is 2.06 bits per heavy atom. The molecule has 0 amide bonds. The number of anilines is 1. The SMILES string of the molecule is CCNc1nc2ccccc2n1C1C[C@H]2CCC[C@@H](C1)N2C1CCCCCCCCC1. The maximum atomic E-state index is 4.96. The van der Waals surface area contributed by atoms with Gasteiger partial charge in [-0.05, 0) is 57.6 Å². The molecule has 4 heteroatoms. The van der Waals surface area contributed by atoms with Gasteiger partial charge in [0, 0.05) is 30.7 Å². The van der Waals surface area contributed by atoms with E-state index in [-0.39, 0.29) is 0 Å². The maximum Gasteiger partial charge on any atom is 0.204 e. The molecule has 3 heterocycles. The number of benzene rings is 1. The molecule has 1 unspecified atom stereocenters. The largest absolute Gasteiger partial charge is 0.356 e. The van der Waals surface area contributed by atoms with Crippen molar-refractivity contribution in [2.45, 2.75) is 121 Å². The smallest absolute Gasteiger partial charge is 0.204 e. The van der Waals surface area contributed by atoms with Crippen molar-refractivity contribution in [2.24, 2.45) is 0 Å². The van der Waals surface area contributed by atoms with E-state index < -0.39 is 0 Å². The van der Waals surface area contributed by atoms with E-state index in [9.17, 15) is 0 Å². The van der Waals surface area contributed by atoms with E-state index in [1.165, 1.54) is 95.4 Å². The predicted molar refractivity (Wildman–Crippen MR) is 131 cm³/mol. The number of aromatic nitrogens is 2. The van der Waals surface area contributed by atoms with Gasteiger partial charge in [0.15, 0.2) is 0 Å². The molecule has 1 aromatic heterocycles. The third-order valence-electron chi connectivity index (χ3n) is 8.30. The van der Waals surface area contributed by atoms with Gasteiger partial charge in [-0.15, -0.1) is 0 Å². The van der Waals surface area contributed by atoms with Gasteiger partial charge in [0.1, 0.15) is 0 Å². The van der Waals surface area contributed by atoms with Crippen LogP contribution in [-0.4, -0.2) is 39.1 Å². The van der Waals surface area contributed by atoms with Gasteiger partial charge in [0.2, 0.25) is 5.95 Å². The van der Waals surface area contributed by atoms with Crippen LogP contribution in [0.4, 0.5) is 5.95 Å². The molecule has 5 rings (SSSR count). The molecule has 2 saturated heterocycles. The van der Waals surface area contributed by atoms with Gasteiger partial charge in [-0.2, -0.15) is 0 Å². The van der Waals surface area contributed by atoms with Crippen molar-refractivity contribution in [3.8, 4) is 0 Å². The monoisotopic (exact) mass is 422 g/mol. The summed E-state index contributed by atoms with van der Waals surface area (Å²) in [4.78, 5) is 8.01. The molecule has 4 nitrogen and oxygen atoms in total. The molecule has 1 aromatic carbocycles. The highest BCUT2D eigenvalue weighted by molar-refractivity contribution is 5.78. The molecular formula is C27H42N4. The summed E-state index contributed by atoms with van der Waals surface area (Å²) in [5, 5.41) is 3.57. The van der Waals surface area contributed by atoms with Crippen molar-refractivity contribution in [3.63, 3.8) is 0 Å². The van der Waals surface area contributed by atoms with Crippen LogP contribution in [0.5, 0.6) is 0 Å². The number of imidazole rings is 1. The molecule has 31 heavy (non-hydrogen) atoms. The molecular weight excluding hydrogens is 380 g/mol. The summed E-state index contributed by atoms with van der Waals surface area (Å²) in [7, 11) is 0. The van der Waals surface area contributed by atoms with Crippen molar-refractivity contribution in [1.82, 2.24) is 14.5 Å². The van der Waals surface area contributed by atoms with Crippen LogP contribution in [0.3, 0.4) is 0 Å². The fourth-order valence-electron chi connectivity index (χ4n) is 6.98. The number of rotatable bonds is 4. The van der Waals surface area contributed by atoms with Gasteiger partial charge in [0.05, 0.1) is 11.0 Å². The number of piperidine rings is 2. The Morgan fingerprint density at radius 2 is 1.39 bits per heavy atom. The average Bonchev–Trinajstić information content (AvgIpc) is 3.15. The van der Waals surface area contributed by atoms with Crippen LogP contribution >= 0.6 is 0 Å². The second-order valence-electron chi connectivity index (χ2n) is 10.3. The Hall–Kier alpha value is -1.55. The minimum atomic E-state index is 0.576. The standard InChI is InChI=1S/C27H42N4/c1-2-28-27-29-25-17-10-11-18-26(25)31(27)24-19-22-15-12-16-23(20-24)30(22)21-13-8-6-4-3-5-7-9-14-21/h10-11,17-18,21-24H,2-9,12-16,19-20H2,1H3,(H,28,29)/t22-,23+,24?. The molecule has 0 radical (unpaired) electrons. The number of fused-ring (bicyclic) bond motifs is 3. The second kappa shape index (κ2) is 9.94. The number of hydrogen-bond donors (Lipinski definition) is 1. The zero-order valence-electron chi connectivity index (χ0n) is 19.6. The van der Waals surface area contributed by atoms with Gasteiger partial charge in [-0.1, -0.05) is 63.5 Å². The van der Waals surface area contributed by atoms with E-state index in [0.29, 0.717) is 6.04 Å². The molecule has 3 aliphatic rings. The summed E-state index contributed by atoms with van der Waals surface area (Å²) in [6.45, 7) is 3.11. The van der Waals surface area contributed by atoms with E-state index in [2.05, 4.69) is 46.0 Å². The predicted octanol–water partition coefficient (Wildman–Crippen LogP) is 6.92. The topological polar surface area (TPSA) is 33.1 Å². The first-order valence-corrected chi connectivity index (χ1v) is 13.3. The van der Waals surface area contributed by atoms with Crippen molar-refractivity contribution < 1.29 is 0 Å². The normalized spacial score (nSPS) is 29.1. The molecule has 1 saturated carbocycles. The van der Waals surface area contributed by atoms with Crippen LogP contribution in [-0.2, 0) is 0 Å². The van der Waals surface area contributed by atoms with Crippen LogP contribution < -0.4 is 5.32 Å². The lowest BCUT2D eigenvalue weighted by Gasteiger charge is -2.53. The number of nitrogens with zero attached hydrogens (tertiary/aromatic N) is 3. The summed E-state index contributed by atoms with van der Waals surface area (Å²) >= 11 is 0. The second-order valence-corrected chi connectivity index (χ2v) is 10.3. The van der Waals surface area contributed by atoms with Gasteiger partial charge >= 0.3 is 0 Å². The molecule has 2 aliphatic heterocycles. The summed E-state index contributed by atoms with van der Waals surface area (Å²) < 4.78 is 2.56. The van der Waals surface area contributed by atoms with Gasteiger partial charge < -0.3 is 9.88 Å². The maximum absolute atomic E-state index is 4.96. The third-order valence-corrected chi connectivity index (χ3v) is 8.30. The molecule has 0 spiro atoms. The van der Waals surface area contributed by atoms with Crippen molar-refractivity contribution in [3.05, 3.63) is 24.3 Å². The quantitative estimate of drug-likeness (QED) is 0.580. The van der Waals surface area contributed by atoms with E-state index >= 15 is 0 Å².